The quantitative estimate of drug-likeness (QED) is 0.536. The first kappa shape index (κ1) is 18.7. The van der Waals surface area contributed by atoms with Crippen LogP contribution in [0.5, 0.6) is 0 Å². The van der Waals surface area contributed by atoms with Crippen LogP contribution in [0.2, 0.25) is 4.47 Å². The lowest BCUT2D eigenvalue weighted by Gasteiger charge is -2.24. The van der Waals surface area contributed by atoms with E-state index in [1.807, 2.05) is 42.5 Å². The second-order valence-corrected chi connectivity index (χ2v) is 8.45. The number of hydrogen-bond acceptors (Lipinski definition) is 5. The van der Waals surface area contributed by atoms with Crippen LogP contribution in [0.4, 0.5) is 11.4 Å². The molecule has 0 bridgehead atoms. The maximum Gasteiger partial charge on any atom is 0.183 e. The molecule has 1 heterocycles. The Morgan fingerprint density at radius 1 is 1.04 bits per heavy atom. The van der Waals surface area contributed by atoms with Gasteiger partial charge >= 0.3 is 0 Å². The fourth-order valence-corrected chi connectivity index (χ4v) is 4.33. The van der Waals surface area contributed by atoms with E-state index in [4.69, 9.17) is 11.6 Å². The van der Waals surface area contributed by atoms with E-state index in [1.54, 1.807) is 12.3 Å². The molecule has 4 rings (SSSR count). The summed E-state index contributed by atoms with van der Waals surface area (Å²) in [5, 5.41) is 6.88. The van der Waals surface area contributed by atoms with Crippen molar-refractivity contribution in [2.24, 2.45) is 0 Å². The van der Waals surface area contributed by atoms with Crippen LogP contribution in [0.3, 0.4) is 0 Å². The van der Waals surface area contributed by atoms with Crippen molar-refractivity contribution >= 4 is 40.1 Å². The second-order valence-electron chi connectivity index (χ2n) is 6.76. The molecule has 3 aromatic rings. The lowest BCUT2D eigenvalue weighted by Crippen LogP contribution is -2.17. The highest BCUT2D eigenvalue weighted by molar-refractivity contribution is 7.15. The third kappa shape index (κ3) is 4.61. The average molecular weight is 410 g/mol. The molecule has 0 spiro atoms. The topological polar surface area (TPSA) is 54.0 Å². The van der Waals surface area contributed by atoms with Gasteiger partial charge in [0.15, 0.2) is 10.3 Å². The Bertz CT molecular complexity index is 1000. The van der Waals surface area contributed by atoms with Crippen molar-refractivity contribution in [3.8, 4) is 0 Å². The molecule has 6 heteroatoms. The minimum Gasteiger partial charge on any atom is -0.378 e. The van der Waals surface area contributed by atoms with Crippen LogP contribution in [-0.2, 0) is 11.3 Å². The third-order valence-electron chi connectivity index (χ3n) is 4.72. The summed E-state index contributed by atoms with van der Waals surface area (Å²) in [5.74, 6) is 0.369. The number of thiazole rings is 1. The van der Waals surface area contributed by atoms with Crippen molar-refractivity contribution < 1.29 is 4.79 Å². The first-order valence-corrected chi connectivity index (χ1v) is 10.4. The molecule has 0 radical (unpaired) electrons. The molecule has 0 fully saturated rings. The number of benzene rings is 2. The highest BCUT2D eigenvalue weighted by atomic mass is 35.5. The van der Waals surface area contributed by atoms with Crippen LogP contribution in [0, 0.1) is 0 Å². The summed E-state index contributed by atoms with van der Waals surface area (Å²) in [6.45, 7) is 0.647. The number of para-hydroxylation sites is 2. The zero-order chi connectivity index (χ0) is 19.3. The van der Waals surface area contributed by atoms with Gasteiger partial charge in [0.2, 0.25) is 0 Å². The third-order valence-corrected chi connectivity index (χ3v) is 5.84. The molecular weight excluding hydrogens is 390 g/mol. The molecule has 0 aliphatic heterocycles. The normalized spacial score (nSPS) is 16.5. The maximum absolute atomic E-state index is 12.3. The Balaban J connectivity index is 1.48. The maximum atomic E-state index is 12.3. The van der Waals surface area contributed by atoms with Gasteiger partial charge in [-0.15, -0.1) is 11.3 Å². The summed E-state index contributed by atoms with van der Waals surface area (Å²) in [4.78, 5) is 17.4. The van der Waals surface area contributed by atoms with Crippen molar-refractivity contribution in [1.82, 2.24) is 4.98 Å². The lowest BCUT2D eigenvalue weighted by atomic mass is 9.85. The van der Waals surface area contributed by atoms with Crippen LogP contribution < -0.4 is 10.6 Å². The molecule has 142 valence electrons. The van der Waals surface area contributed by atoms with Gasteiger partial charge in [-0.05, 0) is 30.0 Å². The van der Waals surface area contributed by atoms with Crippen molar-refractivity contribution in [2.45, 2.75) is 25.3 Å². The predicted octanol–water partition coefficient (Wildman–Crippen LogP) is 5.85. The molecule has 1 unspecified atom stereocenters. The largest absolute Gasteiger partial charge is 0.378 e. The Kier molecular flexibility index (Phi) is 5.74. The Morgan fingerprint density at radius 2 is 1.79 bits per heavy atom. The number of halogens is 1. The fraction of sp³-hybridized carbons (Fsp3) is 0.182. The van der Waals surface area contributed by atoms with E-state index in [1.165, 1.54) is 16.9 Å². The number of nitrogens with one attached hydrogen (secondary N) is 2. The number of anilines is 2. The second kappa shape index (κ2) is 8.59. The number of aromatic nitrogens is 1. The highest BCUT2D eigenvalue weighted by Gasteiger charge is 2.22. The van der Waals surface area contributed by atoms with Crippen LogP contribution in [0.25, 0.3) is 0 Å². The molecule has 2 aromatic carbocycles. The molecule has 1 atom stereocenters. The average Bonchev–Trinajstić information content (AvgIpc) is 3.13. The molecular formula is C22H20ClN3OS. The number of carbonyl (C=O) groups excluding carboxylic acids is 1. The molecule has 1 aliphatic rings. The van der Waals surface area contributed by atoms with Gasteiger partial charge in [-0.25, -0.2) is 4.98 Å². The first-order valence-electron chi connectivity index (χ1n) is 9.16. The molecule has 4 nitrogen and oxygen atoms in total. The van der Waals surface area contributed by atoms with Gasteiger partial charge in [0.1, 0.15) is 0 Å². The van der Waals surface area contributed by atoms with E-state index in [0.717, 1.165) is 28.4 Å². The molecule has 28 heavy (non-hydrogen) atoms. The summed E-state index contributed by atoms with van der Waals surface area (Å²) >= 11 is 7.37. The van der Waals surface area contributed by atoms with Gasteiger partial charge in [-0.3, -0.25) is 4.79 Å². The standard InChI is InChI=1S/C22H20ClN3OS/c23-22-25-14-19(28-22)13-24-20-8-4-5-9-21(20)26-17-10-16(11-18(27)12-17)15-6-2-1-3-7-15/h1-9,12,14,16,24,26H,10-11,13H2. The zero-order valence-corrected chi connectivity index (χ0v) is 16.8. The minimum absolute atomic E-state index is 0.160. The van der Waals surface area contributed by atoms with Gasteiger partial charge in [-0.1, -0.05) is 54.1 Å². The molecule has 0 amide bonds. The van der Waals surface area contributed by atoms with E-state index >= 15 is 0 Å². The summed E-state index contributed by atoms with van der Waals surface area (Å²) < 4.78 is 0.543. The highest BCUT2D eigenvalue weighted by Crippen LogP contribution is 2.33. The van der Waals surface area contributed by atoms with Crippen LogP contribution in [-0.4, -0.2) is 10.8 Å². The van der Waals surface area contributed by atoms with Crippen molar-refractivity contribution in [1.29, 1.82) is 0 Å². The summed E-state index contributed by atoms with van der Waals surface area (Å²) in [7, 11) is 0. The minimum atomic E-state index is 0.160. The molecule has 1 aliphatic carbocycles. The fourth-order valence-electron chi connectivity index (χ4n) is 3.41. The van der Waals surface area contributed by atoms with E-state index in [2.05, 4.69) is 27.8 Å². The summed E-state index contributed by atoms with van der Waals surface area (Å²) in [5.41, 5.74) is 4.07. The van der Waals surface area contributed by atoms with Crippen molar-refractivity contribution in [3.63, 3.8) is 0 Å². The number of ketones is 1. The van der Waals surface area contributed by atoms with Gasteiger partial charge in [0.05, 0.1) is 17.9 Å². The molecule has 0 saturated carbocycles. The summed E-state index contributed by atoms with van der Waals surface area (Å²) in [6.07, 6.45) is 4.89. The first-order chi connectivity index (χ1) is 13.7. The van der Waals surface area contributed by atoms with Gasteiger partial charge in [-0.2, -0.15) is 0 Å². The van der Waals surface area contributed by atoms with E-state index in [9.17, 15) is 4.79 Å². The van der Waals surface area contributed by atoms with Crippen LogP contribution in [0.15, 0.2) is 72.6 Å². The Labute approximate surface area is 173 Å². The zero-order valence-electron chi connectivity index (χ0n) is 15.2. The molecule has 0 saturated heterocycles. The summed E-state index contributed by atoms with van der Waals surface area (Å²) in [6, 6.07) is 18.2. The van der Waals surface area contributed by atoms with Crippen molar-refractivity contribution in [2.75, 3.05) is 10.6 Å². The Hall–Kier alpha value is -2.63. The van der Waals surface area contributed by atoms with Gasteiger partial charge < -0.3 is 10.6 Å². The van der Waals surface area contributed by atoms with Crippen molar-refractivity contribution in [3.05, 3.63) is 87.5 Å². The number of hydrogen-bond donors (Lipinski definition) is 2. The Morgan fingerprint density at radius 3 is 2.54 bits per heavy atom. The number of allylic oxidation sites excluding steroid dienone is 2. The smallest absolute Gasteiger partial charge is 0.183 e. The molecule has 2 N–H and O–H groups in total. The van der Waals surface area contributed by atoms with Crippen LogP contribution >= 0.6 is 22.9 Å². The number of rotatable bonds is 6. The monoisotopic (exact) mass is 409 g/mol. The predicted molar refractivity (Wildman–Crippen MR) is 116 cm³/mol. The van der Waals surface area contributed by atoms with Gasteiger partial charge in [0, 0.05) is 29.3 Å². The van der Waals surface area contributed by atoms with E-state index < -0.39 is 0 Å². The molecule has 1 aromatic heterocycles. The van der Waals surface area contributed by atoms with Crippen LogP contribution in [0.1, 0.15) is 29.2 Å². The lowest BCUT2D eigenvalue weighted by molar-refractivity contribution is -0.115. The van der Waals surface area contributed by atoms with E-state index in [0.29, 0.717) is 17.4 Å². The number of carbonyl (C=O) groups is 1. The number of nitrogens with zero attached hydrogens (tertiary/aromatic N) is 1. The van der Waals surface area contributed by atoms with E-state index in [-0.39, 0.29) is 11.7 Å². The SMILES string of the molecule is O=C1C=C(Nc2ccccc2NCc2cnc(Cl)s2)CC(c2ccccc2)C1. The van der Waals surface area contributed by atoms with Gasteiger partial charge in [0.25, 0.3) is 0 Å².